The molecule has 1 aliphatic rings. The Morgan fingerprint density at radius 1 is 1.08 bits per heavy atom. The number of carbonyl (C=O) groups excluding carboxylic acids is 1. The lowest BCUT2D eigenvalue weighted by atomic mass is 9.97. The standard InChI is InChI=1S/C22H22N2O2/c1-15(25)24-18-9-6-16(7-10-18)14-23-22-13-11-20-19-5-3-2-4-17(19)8-12-21(20)26-22/h2-10,12,22-23H,11,13-14H2,1H3,(H,24,25). The molecule has 1 heterocycles. The minimum absolute atomic E-state index is 0.0127. The van der Waals surface area contributed by atoms with E-state index in [4.69, 9.17) is 4.74 Å². The van der Waals surface area contributed by atoms with Gasteiger partial charge in [-0.05, 0) is 41.0 Å². The first-order chi connectivity index (χ1) is 12.7. The summed E-state index contributed by atoms with van der Waals surface area (Å²) >= 11 is 0. The van der Waals surface area contributed by atoms with Crippen molar-refractivity contribution in [3.05, 3.63) is 71.8 Å². The van der Waals surface area contributed by atoms with Crippen LogP contribution in [0.3, 0.4) is 0 Å². The molecule has 0 radical (unpaired) electrons. The Morgan fingerprint density at radius 2 is 1.88 bits per heavy atom. The van der Waals surface area contributed by atoms with Crippen LogP contribution in [-0.4, -0.2) is 12.1 Å². The molecule has 0 saturated carbocycles. The van der Waals surface area contributed by atoms with Gasteiger partial charge in [0.15, 0.2) is 6.23 Å². The van der Waals surface area contributed by atoms with Crippen molar-refractivity contribution in [3.8, 4) is 5.75 Å². The van der Waals surface area contributed by atoms with Crippen LogP contribution in [-0.2, 0) is 17.8 Å². The van der Waals surface area contributed by atoms with E-state index in [1.807, 2.05) is 24.3 Å². The van der Waals surface area contributed by atoms with Crippen molar-refractivity contribution in [2.45, 2.75) is 32.5 Å². The van der Waals surface area contributed by atoms with Gasteiger partial charge in [0, 0.05) is 31.1 Å². The van der Waals surface area contributed by atoms with Crippen molar-refractivity contribution in [3.63, 3.8) is 0 Å². The predicted molar refractivity (Wildman–Crippen MR) is 104 cm³/mol. The summed E-state index contributed by atoms with van der Waals surface area (Å²) in [6, 6.07) is 20.5. The molecule has 1 amide bonds. The number of nitrogens with one attached hydrogen (secondary N) is 2. The largest absolute Gasteiger partial charge is 0.475 e. The van der Waals surface area contributed by atoms with Crippen LogP contribution in [0.15, 0.2) is 60.7 Å². The molecule has 0 spiro atoms. The van der Waals surface area contributed by atoms with E-state index in [9.17, 15) is 4.79 Å². The van der Waals surface area contributed by atoms with Gasteiger partial charge in [0.25, 0.3) is 0 Å². The van der Waals surface area contributed by atoms with Crippen molar-refractivity contribution >= 4 is 22.4 Å². The Balaban J connectivity index is 1.40. The zero-order chi connectivity index (χ0) is 17.9. The molecule has 3 aromatic carbocycles. The van der Waals surface area contributed by atoms with E-state index >= 15 is 0 Å². The fourth-order valence-electron chi connectivity index (χ4n) is 3.46. The maximum atomic E-state index is 11.1. The summed E-state index contributed by atoms with van der Waals surface area (Å²) in [5.41, 5.74) is 3.28. The average Bonchev–Trinajstić information content (AvgIpc) is 2.66. The summed E-state index contributed by atoms with van der Waals surface area (Å²) < 4.78 is 6.17. The summed E-state index contributed by atoms with van der Waals surface area (Å²) in [6.45, 7) is 2.24. The molecule has 1 unspecified atom stereocenters. The Bertz CT molecular complexity index is 935. The molecule has 0 aromatic heterocycles. The quantitative estimate of drug-likeness (QED) is 0.743. The number of hydrogen-bond acceptors (Lipinski definition) is 3. The van der Waals surface area contributed by atoms with Crippen LogP contribution in [0.25, 0.3) is 10.8 Å². The van der Waals surface area contributed by atoms with Gasteiger partial charge in [0.1, 0.15) is 5.75 Å². The van der Waals surface area contributed by atoms with E-state index in [-0.39, 0.29) is 12.1 Å². The zero-order valence-corrected chi connectivity index (χ0v) is 14.8. The molecule has 132 valence electrons. The topological polar surface area (TPSA) is 50.4 Å². The van der Waals surface area contributed by atoms with Crippen molar-refractivity contribution in [1.82, 2.24) is 5.32 Å². The number of rotatable bonds is 4. The third-order valence-corrected chi connectivity index (χ3v) is 4.73. The maximum Gasteiger partial charge on any atom is 0.221 e. The first kappa shape index (κ1) is 16.6. The highest BCUT2D eigenvalue weighted by Gasteiger charge is 2.20. The van der Waals surface area contributed by atoms with E-state index in [2.05, 4.69) is 47.0 Å². The molecule has 1 aliphatic heterocycles. The number of fused-ring (bicyclic) bond motifs is 3. The molecule has 0 fully saturated rings. The summed E-state index contributed by atoms with van der Waals surface area (Å²) in [7, 11) is 0. The van der Waals surface area contributed by atoms with Crippen LogP contribution in [0.1, 0.15) is 24.5 Å². The van der Waals surface area contributed by atoms with Crippen LogP contribution in [0, 0.1) is 0 Å². The second kappa shape index (κ2) is 7.18. The first-order valence-corrected chi connectivity index (χ1v) is 8.96. The molecule has 0 saturated heterocycles. The third-order valence-electron chi connectivity index (χ3n) is 4.73. The molecule has 26 heavy (non-hydrogen) atoms. The van der Waals surface area contributed by atoms with E-state index < -0.39 is 0 Å². The maximum absolute atomic E-state index is 11.1. The lowest BCUT2D eigenvalue weighted by Gasteiger charge is -2.28. The molecule has 0 bridgehead atoms. The van der Waals surface area contributed by atoms with Gasteiger partial charge >= 0.3 is 0 Å². The van der Waals surface area contributed by atoms with Crippen molar-refractivity contribution < 1.29 is 9.53 Å². The second-order valence-corrected chi connectivity index (χ2v) is 6.67. The molecule has 1 atom stereocenters. The molecular weight excluding hydrogens is 324 g/mol. The van der Waals surface area contributed by atoms with Crippen molar-refractivity contribution in [2.24, 2.45) is 0 Å². The highest BCUT2D eigenvalue weighted by molar-refractivity contribution is 5.89. The lowest BCUT2D eigenvalue weighted by molar-refractivity contribution is -0.114. The lowest BCUT2D eigenvalue weighted by Crippen LogP contribution is -2.37. The SMILES string of the molecule is CC(=O)Nc1ccc(CNC2CCc3c(ccc4ccccc34)O2)cc1. The van der Waals surface area contributed by atoms with E-state index in [1.165, 1.54) is 23.3 Å². The Labute approximate surface area is 153 Å². The summed E-state index contributed by atoms with van der Waals surface area (Å²) in [5.74, 6) is 0.922. The Hall–Kier alpha value is -2.85. The number of aryl methyl sites for hydroxylation is 1. The molecule has 3 aromatic rings. The smallest absolute Gasteiger partial charge is 0.221 e. The Kier molecular flexibility index (Phi) is 4.59. The van der Waals surface area contributed by atoms with Gasteiger partial charge in [0.05, 0.1) is 0 Å². The number of carbonyl (C=O) groups is 1. The molecule has 2 N–H and O–H groups in total. The minimum atomic E-state index is -0.0577. The fourth-order valence-corrected chi connectivity index (χ4v) is 3.46. The van der Waals surface area contributed by atoms with Gasteiger partial charge in [-0.3, -0.25) is 10.1 Å². The second-order valence-electron chi connectivity index (χ2n) is 6.67. The number of amides is 1. The van der Waals surface area contributed by atoms with Gasteiger partial charge in [-0.1, -0.05) is 42.5 Å². The van der Waals surface area contributed by atoms with Crippen molar-refractivity contribution in [2.75, 3.05) is 5.32 Å². The van der Waals surface area contributed by atoms with Gasteiger partial charge in [-0.2, -0.15) is 0 Å². The van der Waals surface area contributed by atoms with Gasteiger partial charge in [0.2, 0.25) is 5.91 Å². The summed E-state index contributed by atoms with van der Waals surface area (Å²) in [4.78, 5) is 11.1. The van der Waals surface area contributed by atoms with E-state index in [0.717, 1.165) is 36.4 Å². The number of benzene rings is 3. The zero-order valence-electron chi connectivity index (χ0n) is 14.8. The van der Waals surface area contributed by atoms with Crippen LogP contribution >= 0.6 is 0 Å². The normalized spacial score (nSPS) is 16.0. The minimum Gasteiger partial charge on any atom is -0.475 e. The predicted octanol–water partition coefficient (Wildman–Crippen LogP) is 4.24. The van der Waals surface area contributed by atoms with Crippen molar-refractivity contribution in [1.29, 1.82) is 0 Å². The average molecular weight is 346 g/mol. The monoisotopic (exact) mass is 346 g/mol. The highest BCUT2D eigenvalue weighted by Crippen LogP contribution is 2.33. The number of anilines is 1. The molecule has 4 rings (SSSR count). The van der Waals surface area contributed by atoms with Gasteiger partial charge in [-0.15, -0.1) is 0 Å². The Morgan fingerprint density at radius 3 is 2.69 bits per heavy atom. The molecular formula is C22H22N2O2. The van der Waals surface area contributed by atoms with Gasteiger partial charge < -0.3 is 10.1 Å². The van der Waals surface area contributed by atoms with Gasteiger partial charge in [-0.25, -0.2) is 0 Å². The van der Waals surface area contributed by atoms with Crippen LogP contribution in [0.4, 0.5) is 5.69 Å². The third kappa shape index (κ3) is 3.55. The first-order valence-electron chi connectivity index (χ1n) is 8.96. The van der Waals surface area contributed by atoms with Crippen LogP contribution in [0.2, 0.25) is 0 Å². The fraction of sp³-hybridized carbons (Fsp3) is 0.227. The molecule has 4 nitrogen and oxygen atoms in total. The number of ether oxygens (including phenoxy) is 1. The summed E-state index contributed by atoms with van der Waals surface area (Å²) in [6.07, 6.45) is 1.97. The van der Waals surface area contributed by atoms with E-state index in [0.29, 0.717) is 0 Å². The van der Waals surface area contributed by atoms with E-state index in [1.54, 1.807) is 0 Å². The van der Waals surface area contributed by atoms with Crippen LogP contribution in [0.5, 0.6) is 5.75 Å². The van der Waals surface area contributed by atoms with Crippen LogP contribution < -0.4 is 15.4 Å². The molecule has 4 heteroatoms. The molecule has 0 aliphatic carbocycles. The highest BCUT2D eigenvalue weighted by atomic mass is 16.5. The summed E-state index contributed by atoms with van der Waals surface area (Å²) in [5, 5.41) is 8.81. The number of hydrogen-bond donors (Lipinski definition) is 2.